The number of piperidine rings is 1. The van der Waals surface area contributed by atoms with Crippen LogP contribution in [-0.2, 0) is 11.3 Å². The van der Waals surface area contributed by atoms with Crippen molar-refractivity contribution in [1.82, 2.24) is 4.90 Å². The molecule has 1 heterocycles. The predicted molar refractivity (Wildman–Crippen MR) is 69.7 cm³/mol. The molecule has 0 aromatic heterocycles. The Morgan fingerprint density at radius 3 is 3.00 bits per heavy atom. The molecule has 0 bridgehead atoms. The molecule has 0 spiro atoms. The van der Waals surface area contributed by atoms with Crippen molar-refractivity contribution in [3.05, 3.63) is 34.1 Å². The van der Waals surface area contributed by atoms with E-state index in [9.17, 15) is 9.18 Å². The van der Waals surface area contributed by atoms with E-state index in [0.29, 0.717) is 29.5 Å². The summed E-state index contributed by atoms with van der Waals surface area (Å²) in [7, 11) is 0. The fraction of sp³-hybridized carbons (Fsp3) is 0.462. The van der Waals surface area contributed by atoms with Crippen LogP contribution in [0.15, 0.2) is 22.7 Å². The lowest BCUT2D eigenvalue weighted by molar-refractivity contribution is -0.143. The third-order valence-corrected chi connectivity index (χ3v) is 3.76. The molecule has 1 aliphatic heterocycles. The molecule has 0 saturated carbocycles. The van der Waals surface area contributed by atoms with Gasteiger partial charge in [0.05, 0.1) is 5.92 Å². The molecule has 0 aliphatic carbocycles. The van der Waals surface area contributed by atoms with Crippen LogP contribution in [-0.4, -0.2) is 29.1 Å². The summed E-state index contributed by atoms with van der Waals surface area (Å²) in [5.74, 6) is -1.32. The summed E-state index contributed by atoms with van der Waals surface area (Å²) in [5, 5.41) is 9.01. The zero-order valence-corrected chi connectivity index (χ0v) is 11.5. The Bertz CT molecular complexity index is 453. The van der Waals surface area contributed by atoms with Crippen molar-refractivity contribution in [2.45, 2.75) is 19.4 Å². The maximum Gasteiger partial charge on any atom is 0.307 e. The monoisotopic (exact) mass is 315 g/mol. The van der Waals surface area contributed by atoms with E-state index >= 15 is 0 Å². The highest BCUT2D eigenvalue weighted by Crippen LogP contribution is 2.21. The summed E-state index contributed by atoms with van der Waals surface area (Å²) in [6, 6.07) is 4.98. The summed E-state index contributed by atoms with van der Waals surface area (Å²) in [5.41, 5.74) is 0.615. The standard InChI is InChI=1S/C13H15BrFNO2/c14-11-4-3-9(12(15)6-11)7-16-5-1-2-10(8-16)13(17)18/h3-4,6,10H,1-2,5,7-8H2,(H,17,18)/t10-/m0/s1. The van der Waals surface area contributed by atoms with Gasteiger partial charge in [0.25, 0.3) is 0 Å². The number of nitrogens with zero attached hydrogens (tertiary/aromatic N) is 1. The van der Waals surface area contributed by atoms with Crippen LogP contribution in [0.1, 0.15) is 18.4 Å². The van der Waals surface area contributed by atoms with Crippen molar-refractivity contribution in [1.29, 1.82) is 0 Å². The summed E-state index contributed by atoms with van der Waals surface area (Å²) in [6.07, 6.45) is 1.57. The van der Waals surface area contributed by atoms with Crippen LogP contribution in [0, 0.1) is 11.7 Å². The molecule has 0 radical (unpaired) electrons. The highest BCUT2D eigenvalue weighted by molar-refractivity contribution is 9.10. The lowest BCUT2D eigenvalue weighted by Crippen LogP contribution is -2.38. The average molecular weight is 316 g/mol. The second-order valence-electron chi connectivity index (χ2n) is 4.65. The maximum atomic E-state index is 13.7. The zero-order valence-electron chi connectivity index (χ0n) is 9.90. The van der Waals surface area contributed by atoms with E-state index < -0.39 is 5.97 Å². The normalized spacial score (nSPS) is 20.9. The van der Waals surface area contributed by atoms with Gasteiger partial charge in [0.2, 0.25) is 0 Å². The van der Waals surface area contributed by atoms with E-state index in [1.54, 1.807) is 12.1 Å². The van der Waals surface area contributed by atoms with Gasteiger partial charge in [-0.15, -0.1) is 0 Å². The Labute approximate surface area is 114 Å². The summed E-state index contributed by atoms with van der Waals surface area (Å²) in [6.45, 7) is 1.81. The molecule has 2 rings (SSSR count). The first kappa shape index (κ1) is 13.5. The van der Waals surface area contributed by atoms with Crippen LogP contribution in [0.4, 0.5) is 4.39 Å². The molecule has 98 valence electrons. The average Bonchev–Trinajstić information content (AvgIpc) is 2.33. The number of likely N-dealkylation sites (tertiary alicyclic amines) is 1. The quantitative estimate of drug-likeness (QED) is 0.932. The summed E-state index contributed by atoms with van der Waals surface area (Å²) >= 11 is 3.22. The van der Waals surface area contributed by atoms with Gasteiger partial charge in [0.1, 0.15) is 5.82 Å². The van der Waals surface area contributed by atoms with Gasteiger partial charge in [-0.2, -0.15) is 0 Å². The number of carboxylic acids is 1. The first-order valence-electron chi connectivity index (χ1n) is 5.95. The first-order chi connectivity index (χ1) is 8.56. The number of halogens is 2. The topological polar surface area (TPSA) is 40.5 Å². The van der Waals surface area contributed by atoms with E-state index in [2.05, 4.69) is 15.9 Å². The molecule has 0 amide bonds. The van der Waals surface area contributed by atoms with Gasteiger partial charge >= 0.3 is 5.97 Å². The molecule has 1 fully saturated rings. The van der Waals surface area contributed by atoms with Crippen molar-refractivity contribution in [3.63, 3.8) is 0 Å². The highest BCUT2D eigenvalue weighted by Gasteiger charge is 2.25. The molecule has 0 unspecified atom stereocenters. The van der Waals surface area contributed by atoms with Gasteiger partial charge in [-0.05, 0) is 31.5 Å². The van der Waals surface area contributed by atoms with E-state index in [0.717, 1.165) is 13.0 Å². The van der Waals surface area contributed by atoms with Crippen LogP contribution in [0.5, 0.6) is 0 Å². The van der Waals surface area contributed by atoms with Crippen LogP contribution in [0.2, 0.25) is 0 Å². The fourth-order valence-corrected chi connectivity index (χ4v) is 2.62. The second kappa shape index (κ2) is 5.80. The van der Waals surface area contributed by atoms with Crippen molar-refractivity contribution >= 4 is 21.9 Å². The molecule has 18 heavy (non-hydrogen) atoms. The summed E-state index contributed by atoms with van der Waals surface area (Å²) < 4.78 is 14.4. The van der Waals surface area contributed by atoms with Crippen molar-refractivity contribution in [2.24, 2.45) is 5.92 Å². The number of hydrogen-bond donors (Lipinski definition) is 1. The predicted octanol–water partition coefficient (Wildman–Crippen LogP) is 2.88. The van der Waals surface area contributed by atoms with Crippen LogP contribution >= 0.6 is 15.9 Å². The van der Waals surface area contributed by atoms with Crippen molar-refractivity contribution in [2.75, 3.05) is 13.1 Å². The molecule has 1 N–H and O–H groups in total. The van der Waals surface area contributed by atoms with E-state index in [4.69, 9.17) is 5.11 Å². The molecular weight excluding hydrogens is 301 g/mol. The number of carbonyl (C=O) groups is 1. The van der Waals surface area contributed by atoms with Gasteiger partial charge in [-0.25, -0.2) is 4.39 Å². The number of hydrogen-bond acceptors (Lipinski definition) is 2. The van der Waals surface area contributed by atoms with Gasteiger partial charge in [-0.3, -0.25) is 9.69 Å². The Kier molecular flexibility index (Phi) is 4.35. The van der Waals surface area contributed by atoms with Gasteiger partial charge < -0.3 is 5.11 Å². The molecular formula is C13H15BrFNO2. The number of aliphatic carboxylic acids is 1. The molecule has 1 aromatic carbocycles. The highest BCUT2D eigenvalue weighted by atomic mass is 79.9. The third kappa shape index (κ3) is 3.29. The molecule has 3 nitrogen and oxygen atoms in total. The Hall–Kier alpha value is -0.940. The Morgan fingerprint density at radius 1 is 1.56 bits per heavy atom. The van der Waals surface area contributed by atoms with Crippen LogP contribution in [0.25, 0.3) is 0 Å². The van der Waals surface area contributed by atoms with Gasteiger partial charge in [0.15, 0.2) is 0 Å². The minimum absolute atomic E-state index is 0.248. The van der Waals surface area contributed by atoms with Gasteiger partial charge in [-0.1, -0.05) is 22.0 Å². The SMILES string of the molecule is O=C(O)[C@H]1CCCN(Cc2ccc(Br)cc2F)C1. The first-order valence-corrected chi connectivity index (χ1v) is 6.74. The van der Waals surface area contributed by atoms with Crippen molar-refractivity contribution < 1.29 is 14.3 Å². The van der Waals surface area contributed by atoms with E-state index in [1.165, 1.54) is 6.07 Å². The Balaban J connectivity index is 2.02. The zero-order chi connectivity index (χ0) is 13.1. The fourth-order valence-electron chi connectivity index (χ4n) is 2.29. The van der Waals surface area contributed by atoms with E-state index in [1.807, 2.05) is 4.90 Å². The molecule has 1 atom stereocenters. The molecule has 1 saturated heterocycles. The minimum atomic E-state index is -0.754. The largest absolute Gasteiger partial charge is 0.481 e. The maximum absolute atomic E-state index is 13.7. The van der Waals surface area contributed by atoms with Crippen LogP contribution in [0.3, 0.4) is 0 Å². The summed E-state index contributed by atoms with van der Waals surface area (Å²) in [4.78, 5) is 13.0. The number of carboxylic acid groups (broad SMARTS) is 1. The lowest BCUT2D eigenvalue weighted by atomic mass is 9.98. The number of rotatable bonds is 3. The molecule has 5 heteroatoms. The molecule has 1 aromatic rings. The lowest BCUT2D eigenvalue weighted by Gasteiger charge is -2.30. The van der Waals surface area contributed by atoms with Crippen LogP contribution < -0.4 is 0 Å². The third-order valence-electron chi connectivity index (χ3n) is 3.26. The van der Waals surface area contributed by atoms with Gasteiger partial charge in [0, 0.05) is 23.1 Å². The van der Waals surface area contributed by atoms with Crippen molar-refractivity contribution in [3.8, 4) is 0 Å². The Morgan fingerprint density at radius 2 is 2.33 bits per heavy atom. The van der Waals surface area contributed by atoms with E-state index in [-0.39, 0.29) is 11.7 Å². The minimum Gasteiger partial charge on any atom is -0.481 e. The molecule has 1 aliphatic rings. The smallest absolute Gasteiger partial charge is 0.307 e. The second-order valence-corrected chi connectivity index (χ2v) is 5.56. The number of benzene rings is 1.